The lowest BCUT2D eigenvalue weighted by Gasteiger charge is -2.02. The summed E-state index contributed by atoms with van der Waals surface area (Å²) in [5, 5.41) is 1.98. The van der Waals surface area contributed by atoms with E-state index in [2.05, 4.69) is 9.97 Å². The molecule has 0 aliphatic rings. The molecule has 0 radical (unpaired) electrons. The molecule has 3 rings (SSSR count). The van der Waals surface area contributed by atoms with Crippen molar-refractivity contribution in [2.75, 3.05) is 0 Å². The first-order valence-corrected chi connectivity index (χ1v) is 6.41. The van der Waals surface area contributed by atoms with E-state index in [-0.39, 0.29) is 5.69 Å². The molecule has 0 spiro atoms. The van der Waals surface area contributed by atoms with Crippen LogP contribution < -0.4 is 5.69 Å². The fraction of sp³-hybridized carbons (Fsp3) is 0. The Balaban J connectivity index is 2.15. The van der Waals surface area contributed by atoms with Gasteiger partial charge in [0.05, 0.1) is 16.3 Å². The number of aromatic amines is 1. The van der Waals surface area contributed by atoms with Crippen LogP contribution in [0.2, 0.25) is 0 Å². The number of thiophene rings is 1. The predicted octanol–water partition coefficient (Wildman–Crippen LogP) is 3.17. The molecule has 0 saturated heterocycles. The lowest BCUT2D eigenvalue weighted by atomic mass is 10.1. The monoisotopic (exact) mass is 254 g/mol. The summed E-state index contributed by atoms with van der Waals surface area (Å²) in [5.41, 5.74) is 2.13. The van der Waals surface area contributed by atoms with Gasteiger partial charge in [0.1, 0.15) is 0 Å². The number of aromatic nitrogens is 2. The lowest BCUT2D eigenvalue weighted by Crippen LogP contribution is -2.11. The van der Waals surface area contributed by atoms with Gasteiger partial charge >= 0.3 is 5.69 Å². The summed E-state index contributed by atoms with van der Waals surface area (Å²) in [6.45, 7) is 0. The molecule has 18 heavy (non-hydrogen) atoms. The van der Waals surface area contributed by atoms with Crippen molar-refractivity contribution in [3.05, 3.63) is 64.4 Å². The third kappa shape index (κ3) is 2.10. The van der Waals surface area contributed by atoms with Crippen LogP contribution in [0.3, 0.4) is 0 Å². The van der Waals surface area contributed by atoms with Crippen LogP contribution in [0, 0.1) is 0 Å². The van der Waals surface area contributed by atoms with Crippen molar-refractivity contribution in [2.45, 2.75) is 0 Å². The Morgan fingerprint density at radius 3 is 2.61 bits per heavy atom. The van der Waals surface area contributed by atoms with E-state index in [1.54, 1.807) is 11.3 Å². The van der Waals surface area contributed by atoms with Gasteiger partial charge in [0.25, 0.3) is 0 Å². The van der Waals surface area contributed by atoms with Crippen LogP contribution in [-0.4, -0.2) is 9.97 Å². The number of hydrogen-bond acceptors (Lipinski definition) is 3. The van der Waals surface area contributed by atoms with Gasteiger partial charge < -0.3 is 4.98 Å². The zero-order valence-electron chi connectivity index (χ0n) is 9.46. The Labute approximate surface area is 108 Å². The molecule has 0 aliphatic heterocycles. The Bertz CT molecular complexity index is 702. The van der Waals surface area contributed by atoms with E-state index in [1.165, 1.54) is 0 Å². The molecular weight excluding hydrogens is 244 g/mol. The smallest absolute Gasteiger partial charge is 0.305 e. The van der Waals surface area contributed by atoms with Gasteiger partial charge in [-0.2, -0.15) is 4.98 Å². The van der Waals surface area contributed by atoms with Crippen molar-refractivity contribution in [2.24, 2.45) is 0 Å². The average molecular weight is 254 g/mol. The molecule has 0 unspecified atom stereocenters. The van der Waals surface area contributed by atoms with Crippen LogP contribution in [0.15, 0.2) is 58.7 Å². The molecule has 0 bridgehead atoms. The first-order valence-electron chi connectivity index (χ1n) is 5.53. The molecular formula is C14H10N2OS. The summed E-state index contributed by atoms with van der Waals surface area (Å²) in [4.78, 5) is 19.4. The zero-order chi connectivity index (χ0) is 12.4. The molecule has 0 atom stereocenters. The number of benzene rings is 1. The van der Waals surface area contributed by atoms with Crippen molar-refractivity contribution in [3.8, 4) is 21.8 Å². The van der Waals surface area contributed by atoms with Crippen LogP contribution in [0.1, 0.15) is 0 Å². The van der Waals surface area contributed by atoms with Crippen molar-refractivity contribution in [3.63, 3.8) is 0 Å². The minimum atomic E-state index is -0.320. The second-order valence-electron chi connectivity index (χ2n) is 3.83. The Kier molecular flexibility index (Phi) is 2.78. The maximum absolute atomic E-state index is 11.6. The SMILES string of the molecule is O=c1nc(-c2ccccc2)cc(-c2cccs2)[nH]1. The van der Waals surface area contributed by atoms with Gasteiger partial charge in [0.15, 0.2) is 0 Å². The van der Waals surface area contributed by atoms with Crippen molar-refractivity contribution >= 4 is 11.3 Å². The predicted molar refractivity (Wildman–Crippen MR) is 73.6 cm³/mol. The number of H-pyrrole nitrogens is 1. The number of nitrogens with one attached hydrogen (secondary N) is 1. The van der Waals surface area contributed by atoms with Crippen LogP contribution in [0.5, 0.6) is 0 Å². The maximum Gasteiger partial charge on any atom is 0.345 e. The molecule has 4 heteroatoms. The molecule has 1 N–H and O–H groups in total. The van der Waals surface area contributed by atoms with Crippen LogP contribution >= 0.6 is 11.3 Å². The van der Waals surface area contributed by atoms with Gasteiger partial charge in [-0.05, 0) is 17.5 Å². The average Bonchev–Trinajstić information content (AvgIpc) is 2.93. The summed E-state index contributed by atoms with van der Waals surface area (Å²) in [6.07, 6.45) is 0. The summed E-state index contributed by atoms with van der Waals surface area (Å²) in [7, 11) is 0. The second kappa shape index (κ2) is 4.58. The highest BCUT2D eigenvalue weighted by atomic mass is 32.1. The highest BCUT2D eigenvalue weighted by Gasteiger charge is 2.05. The van der Waals surface area contributed by atoms with E-state index in [1.807, 2.05) is 53.9 Å². The molecule has 0 fully saturated rings. The molecule has 0 saturated carbocycles. The van der Waals surface area contributed by atoms with E-state index >= 15 is 0 Å². The molecule has 88 valence electrons. The Morgan fingerprint density at radius 1 is 1.06 bits per heavy atom. The van der Waals surface area contributed by atoms with Gasteiger partial charge in [0.2, 0.25) is 0 Å². The third-order valence-corrected chi connectivity index (χ3v) is 3.50. The Morgan fingerprint density at radius 2 is 1.89 bits per heavy atom. The van der Waals surface area contributed by atoms with Crippen LogP contribution in [0.25, 0.3) is 21.8 Å². The van der Waals surface area contributed by atoms with Gasteiger partial charge in [0, 0.05) is 5.56 Å². The van der Waals surface area contributed by atoms with Crippen molar-refractivity contribution in [1.82, 2.24) is 9.97 Å². The summed E-state index contributed by atoms with van der Waals surface area (Å²) in [5.74, 6) is 0. The van der Waals surface area contributed by atoms with E-state index in [4.69, 9.17) is 0 Å². The highest BCUT2D eigenvalue weighted by Crippen LogP contribution is 2.24. The minimum absolute atomic E-state index is 0.320. The van der Waals surface area contributed by atoms with E-state index in [0.29, 0.717) is 5.69 Å². The second-order valence-corrected chi connectivity index (χ2v) is 4.78. The van der Waals surface area contributed by atoms with Gasteiger partial charge in [-0.15, -0.1) is 11.3 Å². The standard InChI is InChI=1S/C14H10N2OS/c17-14-15-11(10-5-2-1-3-6-10)9-12(16-14)13-7-4-8-18-13/h1-9H,(H,15,16,17). The molecule has 0 aliphatic carbocycles. The number of hydrogen-bond donors (Lipinski definition) is 1. The summed E-state index contributed by atoms with van der Waals surface area (Å²) >= 11 is 1.59. The largest absolute Gasteiger partial charge is 0.345 e. The summed E-state index contributed by atoms with van der Waals surface area (Å²) < 4.78 is 0. The van der Waals surface area contributed by atoms with Crippen LogP contribution in [-0.2, 0) is 0 Å². The topological polar surface area (TPSA) is 45.8 Å². The van der Waals surface area contributed by atoms with Crippen LogP contribution in [0.4, 0.5) is 0 Å². The van der Waals surface area contributed by atoms with E-state index in [0.717, 1.165) is 16.1 Å². The van der Waals surface area contributed by atoms with E-state index in [9.17, 15) is 4.79 Å². The quantitative estimate of drug-likeness (QED) is 0.763. The molecule has 1 aromatic carbocycles. The Hall–Kier alpha value is -2.20. The third-order valence-electron chi connectivity index (χ3n) is 2.60. The fourth-order valence-electron chi connectivity index (χ4n) is 1.78. The molecule has 2 heterocycles. The lowest BCUT2D eigenvalue weighted by molar-refractivity contribution is 1.09. The van der Waals surface area contributed by atoms with Crippen molar-refractivity contribution < 1.29 is 0 Å². The van der Waals surface area contributed by atoms with Gasteiger partial charge in [-0.25, -0.2) is 4.79 Å². The first-order chi connectivity index (χ1) is 8.83. The number of rotatable bonds is 2. The van der Waals surface area contributed by atoms with E-state index < -0.39 is 0 Å². The number of nitrogens with zero attached hydrogens (tertiary/aromatic N) is 1. The fourth-order valence-corrected chi connectivity index (χ4v) is 2.48. The first kappa shape index (κ1) is 10.9. The van der Waals surface area contributed by atoms with Crippen molar-refractivity contribution in [1.29, 1.82) is 0 Å². The minimum Gasteiger partial charge on any atom is -0.305 e. The molecule has 3 nitrogen and oxygen atoms in total. The normalized spacial score (nSPS) is 10.4. The maximum atomic E-state index is 11.6. The zero-order valence-corrected chi connectivity index (χ0v) is 10.3. The molecule has 0 amide bonds. The summed E-state index contributed by atoms with van der Waals surface area (Å²) in [6, 6.07) is 15.5. The van der Waals surface area contributed by atoms with Gasteiger partial charge in [-0.3, -0.25) is 0 Å². The molecule has 3 aromatic rings. The van der Waals surface area contributed by atoms with Gasteiger partial charge in [-0.1, -0.05) is 36.4 Å². The molecule has 2 aromatic heterocycles. The highest BCUT2D eigenvalue weighted by molar-refractivity contribution is 7.13.